The number of pyridine rings is 1. The largest absolute Gasteiger partial charge is 0.494 e. The molecule has 110 valence electrons. The summed E-state index contributed by atoms with van der Waals surface area (Å²) in [6, 6.07) is 2.69. The van der Waals surface area contributed by atoms with Gasteiger partial charge in [-0.15, -0.1) is 0 Å². The minimum absolute atomic E-state index is 0.101. The molecule has 0 unspecified atom stereocenters. The normalized spacial score (nSPS) is 10.3. The summed E-state index contributed by atoms with van der Waals surface area (Å²) < 4.78 is 50.1. The minimum Gasteiger partial charge on any atom is -0.494 e. The van der Waals surface area contributed by atoms with Gasteiger partial charge in [0, 0.05) is 11.6 Å². The Morgan fingerprint density at radius 2 is 1.76 bits per heavy atom. The number of hydrogen-bond donors (Lipinski definition) is 0. The average Bonchev–Trinajstić information content (AvgIpc) is 2.49. The highest BCUT2D eigenvalue weighted by atomic mass is 19.1. The molecule has 1 aromatic heterocycles. The van der Waals surface area contributed by atoms with Crippen LogP contribution >= 0.6 is 0 Å². The lowest BCUT2D eigenvalue weighted by Crippen LogP contribution is -2.06. The van der Waals surface area contributed by atoms with E-state index in [1.165, 1.54) is 7.11 Å². The number of aromatic nitrogens is 1. The van der Waals surface area contributed by atoms with Crippen LogP contribution in [-0.4, -0.2) is 25.2 Å². The Bertz CT molecular complexity index is 704. The molecule has 1 heterocycles. The monoisotopic (exact) mass is 297 g/mol. The van der Waals surface area contributed by atoms with Crippen LogP contribution in [0.15, 0.2) is 24.4 Å². The third kappa shape index (κ3) is 2.81. The molecule has 4 nitrogen and oxygen atoms in total. The van der Waals surface area contributed by atoms with E-state index in [0.29, 0.717) is 0 Å². The summed E-state index contributed by atoms with van der Waals surface area (Å²) in [4.78, 5) is 15.0. The van der Waals surface area contributed by atoms with E-state index in [2.05, 4.69) is 14.5 Å². The van der Waals surface area contributed by atoms with Crippen LogP contribution in [0.5, 0.6) is 5.75 Å². The van der Waals surface area contributed by atoms with Crippen LogP contribution in [-0.2, 0) is 4.74 Å². The fourth-order valence-corrected chi connectivity index (χ4v) is 1.73. The lowest BCUT2D eigenvalue weighted by Gasteiger charge is -2.08. The molecule has 0 aliphatic rings. The van der Waals surface area contributed by atoms with Crippen LogP contribution in [0.4, 0.5) is 13.2 Å². The first-order chi connectivity index (χ1) is 9.97. The average molecular weight is 297 g/mol. The molecule has 0 saturated heterocycles. The van der Waals surface area contributed by atoms with Crippen molar-refractivity contribution in [1.82, 2.24) is 4.98 Å². The molecule has 21 heavy (non-hydrogen) atoms. The van der Waals surface area contributed by atoms with Gasteiger partial charge in [0.15, 0.2) is 17.4 Å². The predicted molar refractivity (Wildman–Crippen MR) is 67.4 cm³/mol. The van der Waals surface area contributed by atoms with E-state index in [-0.39, 0.29) is 17.0 Å². The molecule has 0 aliphatic carbocycles. The van der Waals surface area contributed by atoms with Crippen LogP contribution in [0.1, 0.15) is 10.4 Å². The van der Waals surface area contributed by atoms with Gasteiger partial charge in [0.25, 0.3) is 0 Å². The number of carbonyl (C=O) groups is 1. The Labute approximate surface area is 118 Å². The summed E-state index contributed by atoms with van der Waals surface area (Å²) in [5.74, 6) is -3.75. The summed E-state index contributed by atoms with van der Waals surface area (Å²) in [6.45, 7) is 0. The summed E-state index contributed by atoms with van der Waals surface area (Å²) in [5, 5.41) is 0. The van der Waals surface area contributed by atoms with Crippen molar-refractivity contribution < 1.29 is 27.4 Å². The fraction of sp³-hybridized carbons (Fsp3) is 0.143. The van der Waals surface area contributed by atoms with Crippen molar-refractivity contribution in [1.29, 1.82) is 0 Å². The van der Waals surface area contributed by atoms with Gasteiger partial charge in [-0.2, -0.15) is 0 Å². The van der Waals surface area contributed by atoms with E-state index in [9.17, 15) is 18.0 Å². The summed E-state index contributed by atoms with van der Waals surface area (Å²) >= 11 is 0. The van der Waals surface area contributed by atoms with Gasteiger partial charge >= 0.3 is 5.97 Å². The second kappa shape index (κ2) is 5.82. The quantitative estimate of drug-likeness (QED) is 0.817. The number of ether oxygens (including phenoxy) is 2. The summed E-state index contributed by atoms with van der Waals surface area (Å²) in [5.41, 5.74) is -0.743. The molecular formula is C14H10F3NO3. The number of methoxy groups -OCH3 is 2. The van der Waals surface area contributed by atoms with Gasteiger partial charge in [-0.1, -0.05) is 0 Å². The van der Waals surface area contributed by atoms with Crippen LogP contribution in [0.3, 0.4) is 0 Å². The third-order valence-electron chi connectivity index (χ3n) is 2.78. The Kier molecular flexibility index (Phi) is 4.11. The standard InChI is InChI=1S/C14H10F3NO3/c1-20-13-5-9(15)7(3-10(13)16)12-4-8(14(19)21-2)11(17)6-18-12/h3-6H,1-2H3. The van der Waals surface area contributed by atoms with Crippen LogP contribution in [0.2, 0.25) is 0 Å². The molecule has 0 saturated carbocycles. The highest BCUT2D eigenvalue weighted by Crippen LogP contribution is 2.28. The first-order valence-corrected chi connectivity index (χ1v) is 5.75. The Balaban J connectivity index is 2.57. The molecule has 0 bridgehead atoms. The van der Waals surface area contributed by atoms with Gasteiger partial charge in [0.1, 0.15) is 5.82 Å². The number of halogens is 3. The van der Waals surface area contributed by atoms with Gasteiger partial charge in [-0.25, -0.2) is 18.0 Å². The first kappa shape index (κ1) is 14.8. The van der Waals surface area contributed by atoms with Crippen LogP contribution < -0.4 is 4.74 Å². The van der Waals surface area contributed by atoms with Gasteiger partial charge in [-0.05, 0) is 12.1 Å². The lowest BCUT2D eigenvalue weighted by atomic mass is 10.1. The first-order valence-electron chi connectivity index (χ1n) is 5.75. The van der Waals surface area contributed by atoms with E-state index in [0.717, 1.165) is 31.5 Å². The van der Waals surface area contributed by atoms with E-state index in [4.69, 9.17) is 0 Å². The van der Waals surface area contributed by atoms with Gasteiger partial charge < -0.3 is 9.47 Å². The number of carbonyl (C=O) groups excluding carboxylic acids is 1. The van der Waals surface area contributed by atoms with Crippen molar-refractivity contribution in [2.45, 2.75) is 0 Å². The lowest BCUT2D eigenvalue weighted by molar-refractivity contribution is 0.0595. The second-order valence-electron chi connectivity index (χ2n) is 4.01. The smallest absolute Gasteiger partial charge is 0.340 e. The van der Waals surface area contributed by atoms with E-state index < -0.39 is 29.0 Å². The third-order valence-corrected chi connectivity index (χ3v) is 2.78. The van der Waals surface area contributed by atoms with Crippen molar-refractivity contribution in [3.63, 3.8) is 0 Å². The highest BCUT2D eigenvalue weighted by Gasteiger charge is 2.18. The Morgan fingerprint density at radius 3 is 2.38 bits per heavy atom. The van der Waals surface area contributed by atoms with Crippen molar-refractivity contribution in [3.05, 3.63) is 47.4 Å². The number of esters is 1. The number of benzene rings is 1. The zero-order valence-electron chi connectivity index (χ0n) is 11.1. The second-order valence-corrected chi connectivity index (χ2v) is 4.01. The Morgan fingerprint density at radius 1 is 1.05 bits per heavy atom. The summed E-state index contributed by atoms with van der Waals surface area (Å²) in [7, 11) is 2.28. The molecule has 0 radical (unpaired) electrons. The molecule has 0 aliphatic heterocycles. The minimum atomic E-state index is -0.939. The fourth-order valence-electron chi connectivity index (χ4n) is 1.73. The van der Waals surface area contributed by atoms with Gasteiger partial charge in [0.05, 0.1) is 31.7 Å². The maximum Gasteiger partial charge on any atom is 0.340 e. The Hall–Kier alpha value is -2.57. The zero-order valence-corrected chi connectivity index (χ0v) is 11.1. The molecular weight excluding hydrogens is 287 g/mol. The molecule has 1 aromatic carbocycles. The molecule has 0 amide bonds. The van der Waals surface area contributed by atoms with Crippen molar-refractivity contribution in [2.24, 2.45) is 0 Å². The molecule has 2 rings (SSSR count). The molecule has 0 fully saturated rings. The van der Waals surface area contributed by atoms with Crippen LogP contribution in [0.25, 0.3) is 11.3 Å². The molecule has 2 aromatic rings. The van der Waals surface area contributed by atoms with Gasteiger partial charge in [-0.3, -0.25) is 4.98 Å². The topological polar surface area (TPSA) is 48.4 Å². The van der Waals surface area contributed by atoms with E-state index >= 15 is 0 Å². The SMILES string of the molecule is COC(=O)c1cc(-c2cc(F)c(OC)cc2F)ncc1F. The molecule has 0 N–H and O–H groups in total. The van der Waals surface area contributed by atoms with Gasteiger partial charge in [0.2, 0.25) is 0 Å². The predicted octanol–water partition coefficient (Wildman–Crippen LogP) is 2.96. The molecule has 7 heteroatoms. The highest BCUT2D eigenvalue weighted by molar-refractivity contribution is 5.90. The number of hydrogen-bond acceptors (Lipinski definition) is 4. The van der Waals surface area contributed by atoms with Crippen molar-refractivity contribution in [2.75, 3.05) is 14.2 Å². The van der Waals surface area contributed by atoms with Crippen LogP contribution in [0, 0.1) is 17.5 Å². The van der Waals surface area contributed by atoms with E-state index in [1.807, 2.05) is 0 Å². The maximum absolute atomic E-state index is 13.9. The summed E-state index contributed by atoms with van der Waals surface area (Å²) in [6.07, 6.45) is 0.739. The number of rotatable bonds is 3. The van der Waals surface area contributed by atoms with Crippen molar-refractivity contribution in [3.8, 4) is 17.0 Å². The van der Waals surface area contributed by atoms with E-state index in [1.54, 1.807) is 0 Å². The molecule has 0 atom stereocenters. The molecule has 0 spiro atoms. The number of nitrogens with zero attached hydrogens (tertiary/aromatic N) is 1. The van der Waals surface area contributed by atoms with Crippen molar-refractivity contribution >= 4 is 5.97 Å². The maximum atomic E-state index is 13.9. The zero-order chi connectivity index (χ0) is 15.6.